The molecule has 3 N–H and O–H groups in total. The van der Waals surface area contributed by atoms with Gasteiger partial charge in [0.05, 0.1) is 6.61 Å². The van der Waals surface area contributed by atoms with Gasteiger partial charge in [-0.2, -0.15) is 0 Å². The van der Waals surface area contributed by atoms with E-state index in [1.807, 2.05) is 0 Å². The first-order chi connectivity index (χ1) is 8.74. The van der Waals surface area contributed by atoms with Crippen LogP contribution in [0, 0.1) is 5.92 Å². The number of nitrogen functional groups attached to an aromatic ring is 1. The fraction of sp³-hybridized carbons (Fsp3) is 0.462. The minimum Gasteiger partial charge on any atom is -0.449 e. The average Bonchev–Trinajstić information content (AvgIpc) is 2.38. The highest BCUT2D eigenvalue weighted by Gasteiger charge is 2.15. The van der Waals surface area contributed by atoms with E-state index in [1.54, 1.807) is 24.3 Å². The van der Waals surface area contributed by atoms with Crippen LogP contribution in [-0.4, -0.2) is 25.9 Å². The molecule has 1 saturated heterocycles. The normalized spacial score (nSPS) is 16.2. The van der Waals surface area contributed by atoms with Gasteiger partial charge in [-0.3, -0.25) is 5.32 Å². The zero-order valence-electron chi connectivity index (χ0n) is 10.2. The van der Waals surface area contributed by atoms with Crippen LogP contribution in [0.2, 0.25) is 0 Å². The molecule has 1 aliphatic heterocycles. The molecule has 2 rings (SSSR count). The molecule has 0 radical (unpaired) electrons. The number of carbonyl (C=O) groups is 1. The molecule has 0 aromatic heterocycles. The highest BCUT2D eigenvalue weighted by Crippen LogP contribution is 2.16. The molecule has 0 unspecified atom stereocenters. The van der Waals surface area contributed by atoms with Gasteiger partial charge in [0.2, 0.25) is 0 Å². The van der Waals surface area contributed by atoms with Crippen molar-refractivity contribution in [2.24, 2.45) is 5.92 Å². The molecule has 1 aromatic carbocycles. The number of rotatable bonds is 3. The molecular formula is C13H18N2O3. The van der Waals surface area contributed by atoms with Gasteiger partial charge in [0.15, 0.2) is 0 Å². The van der Waals surface area contributed by atoms with Crippen LogP contribution in [0.3, 0.4) is 0 Å². The summed E-state index contributed by atoms with van der Waals surface area (Å²) >= 11 is 0. The van der Waals surface area contributed by atoms with E-state index in [1.165, 1.54) is 0 Å². The lowest BCUT2D eigenvalue weighted by Crippen LogP contribution is -2.23. The van der Waals surface area contributed by atoms with Crippen LogP contribution >= 0.6 is 0 Å². The fourth-order valence-electron chi connectivity index (χ4n) is 1.88. The van der Waals surface area contributed by atoms with Gasteiger partial charge >= 0.3 is 6.09 Å². The van der Waals surface area contributed by atoms with Crippen LogP contribution < -0.4 is 11.1 Å². The summed E-state index contributed by atoms with van der Waals surface area (Å²) < 4.78 is 10.4. The lowest BCUT2D eigenvalue weighted by atomic mass is 10.0. The number of benzene rings is 1. The van der Waals surface area contributed by atoms with Crippen molar-refractivity contribution >= 4 is 17.5 Å². The van der Waals surface area contributed by atoms with E-state index in [9.17, 15) is 4.79 Å². The van der Waals surface area contributed by atoms with Crippen molar-refractivity contribution in [2.75, 3.05) is 30.9 Å². The molecule has 1 heterocycles. The minimum atomic E-state index is -0.438. The molecule has 5 heteroatoms. The van der Waals surface area contributed by atoms with E-state index in [0.717, 1.165) is 26.1 Å². The van der Waals surface area contributed by atoms with Gasteiger partial charge in [0, 0.05) is 24.6 Å². The fourth-order valence-corrected chi connectivity index (χ4v) is 1.88. The molecule has 18 heavy (non-hydrogen) atoms. The zero-order valence-corrected chi connectivity index (χ0v) is 10.2. The molecule has 0 saturated carbocycles. The molecule has 1 aromatic rings. The molecule has 0 atom stereocenters. The Labute approximate surface area is 106 Å². The Hall–Kier alpha value is -1.75. The first-order valence-electron chi connectivity index (χ1n) is 6.11. The monoisotopic (exact) mass is 250 g/mol. The van der Waals surface area contributed by atoms with Gasteiger partial charge in [0.25, 0.3) is 0 Å². The standard InChI is InChI=1S/C13H18N2O3/c14-11-2-1-3-12(8-11)15-13(16)18-9-10-4-6-17-7-5-10/h1-3,8,10H,4-7,9,14H2,(H,15,16). The van der Waals surface area contributed by atoms with Crippen molar-refractivity contribution in [3.8, 4) is 0 Å². The molecule has 1 aliphatic rings. The summed E-state index contributed by atoms with van der Waals surface area (Å²) in [6.45, 7) is 1.95. The Balaban J connectivity index is 1.74. The van der Waals surface area contributed by atoms with Crippen molar-refractivity contribution < 1.29 is 14.3 Å². The molecule has 0 bridgehead atoms. The topological polar surface area (TPSA) is 73.6 Å². The lowest BCUT2D eigenvalue weighted by Gasteiger charge is -2.21. The summed E-state index contributed by atoms with van der Waals surface area (Å²) in [5.74, 6) is 0.408. The first kappa shape index (κ1) is 12.7. The minimum absolute atomic E-state index is 0.408. The van der Waals surface area contributed by atoms with Gasteiger partial charge in [-0.15, -0.1) is 0 Å². The number of ether oxygens (including phenoxy) is 2. The second kappa shape index (κ2) is 6.26. The Morgan fingerprint density at radius 2 is 2.22 bits per heavy atom. The highest BCUT2D eigenvalue weighted by molar-refractivity contribution is 5.85. The van der Waals surface area contributed by atoms with Crippen molar-refractivity contribution in [3.63, 3.8) is 0 Å². The molecule has 98 valence electrons. The number of anilines is 2. The predicted octanol–water partition coefficient (Wildman–Crippen LogP) is 2.24. The van der Waals surface area contributed by atoms with Crippen LogP contribution in [0.5, 0.6) is 0 Å². The van der Waals surface area contributed by atoms with E-state index in [-0.39, 0.29) is 0 Å². The Morgan fingerprint density at radius 3 is 2.94 bits per heavy atom. The maximum atomic E-state index is 11.6. The smallest absolute Gasteiger partial charge is 0.411 e. The quantitative estimate of drug-likeness (QED) is 0.807. The molecule has 1 amide bonds. The summed E-state index contributed by atoms with van der Waals surface area (Å²) in [7, 11) is 0. The van der Waals surface area contributed by atoms with E-state index < -0.39 is 6.09 Å². The SMILES string of the molecule is Nc1cccc(NC(=O)OCC2CCOCC2)c1. The lowest BCUT2D eigenvalue weighted by molar-refractivity contribution is 0.0405. The van der Waals surface area contributed by atoms with Crippen molar-refractivity contribution in [2.45, 2.75) is 12.8 Å². The Bertz CT molecular complexity index is 403. The first-order valence-corrected chi connectivity index (χ1v) is 6.11. The summed E-state index contributed by atoms with van der Waals surface area (Å²) in [4.78, 5) is 11.6. The number of hydrogen-bond acceptors (Lipinski definition) is 4. The van der Waals surface area contributed by atoms with Gasteiger partial charge in [0.1, 0.15) is 0 Å². The van der Waals surface area contributed by atoms with Gasteiger partial charge < -0.3 is 15.2 Å². The number of hydrogen-bond donors (Lipinski definition) is 2. The van der Waals surface area contributed by atoms with E-state index in [4.69, 9.17) is 15.2 Å². The second-order valence-electron chi connectivity index (χ2n) is 4.40. The number of amides is 1. The van der Waals surface area contributed by atoms with Crippen LogP contribution in [0.4, 0.5) is 16.2 Å². The van der Waals surface area contributed by atoms with Crippen LogP contribution in [0.15, 0.2) is 24.3 Å². The summed E-state index contributed by atoms with van der Waals surface area (Å²) in [5, 5.41) is 2.65. The molecule has 1 fully saturated rings. The molecule has 5 nitrogen and oxygen atoms in total. The third-order valence-electron chi connectivity index (χ3n) is 2.92. The number of carbonyl (C=O) groups excluding carboxylic acids is 1. The number of nitrogens with two attached hydrogens (primary N) is 1. The Morgan fingerprint density at radius 1 is 1.44 bits per heavy atom. The van der Waals surface area contributed by atoms with Gasteiger partial charge in [-0.25, -0.2) is 4.79 Å². The largest absolute Gasteiger partial charge is 0.449 e. The van der Waals surface area contributed by atoms with E-state index in [0.29, 0.717) is 23.9 Å². The summed E-state index contributed by atoms with van der Waals surface area (Å²) in [5.41, 5.74) is 6.87. The van der Waals surface area contributed by atoms with Crippen molar-refractivity contribution in [1.29, 1.82) is 0 Å². The zero-order chi connectivity index (χ0) is 12.8. The third kappa shape index (κ3) is 3.92. The van der Waals surface area contributed by atoms with E-state index >= 15 is 0 Å². The average molecular weight is 250 g/mol. The maximum Gasteiger partial charge on any atom is 0.411 e. The Kier molecular flexibility index (Phi) is 4.41. The predicted molar refractivity (Wildman–Crippen MR) is 69.4 cm³/mol. The van der Waals surface area contributed by atoms with Crippen LogP contribution in [-0.2, 0) is 9.47 Å². The van der Waals surface area contributed by atoms with Crippen molar-refractivity contribution in [3.05, 3.63) is 24.3 Å². The highest BCUT2D eigenvalue weighted by atomic mass is 16.5. The number of nitrogens with one attached hydrogen (secondary N) is 1. The summed E-state index contributed by atoms with van der Waals surface area (Å²) in [6.07, 6.45) is 1.46. The van der Waals surface area contributed by atoms with Crippen LogP contribution in [0.1, 0.15) is 12.8 Å². The summed E-state index contributed by atoms with van der Waals surface area (Å²) in [6, 6.07) is 7.00. The van der Waals surface area contributed by atoms with Crippen molar-refractivity contribution in [1.82, 2.24) is 0 Å². The van der Waals surface area contributed by atoms with E-state index in [2.05, 4.69) is 5.32 Å². The van der Waals surface area contributed by atoms with Gasteiger partial charge in [-0.1, -0.05) is 6.07 Å². The molecule has 0 aliphatic carbocycles. The molecule has 0 spiro atoms. The second-order valence-corrected chi connectivity index (χ2v) is 4.40. The maximum absolute atomic E-state index is 11.6. The third-order valence-corrected chi connectivity index (χ3v) is 2.92. The van der Waals surface area contributed by atoms with Gasteiger partial charge in [-0.05, 0) is 37.0 Å². The van der Waals surface area contributed by atoms with Crippen LogP contribution in [0.25, 0.3) is 0 Å². The molecular weight excluding hydrogens is 232 g/mol.